The van der Waals surface area contributed by atoms with Gasteiger partial charge in [0.15, 0.2) is 0 Å². The second kappa shape index (κ2) is 6.32. The van der Waals surface area contributed by atoms with E-state index in [9.17, 15) is 4.79 Å². The third-order valence-corrected chi connectivity index (χ3v) is 5.06. The standard InChI is InChI=1S/C22H21NO2/c1-14-11-12-16(13-15(14)2)25-22(24)21-17-7-3-5-9-19(17)23-20-10-6-4-8-18(20)21/h3,5,7,9,11-13H,4,6,8,10H2,1-2H3. The summed E-state index contributed by atoms with van der Waals surface area (Å²) in [5.74, 6) is 0.318. The highest BCUT2D eigenvalue weighted by Gasteiger charge is 2.24. The Hall–Kier alpha value is -2.68. The Labute approximate surface area is 147 Å². The molecule has 0 radical (unpaired) electrons. The number of fused-ring (bicyclic) bond motifs is 2. The minimum absolute atomic E-state index is 0.278. The van der Waals surface area contributed by atoms with Crippen LogP contribution in [0.1, 0.15) is 45.6 Å². The molecule has 3 aromatic rings. The lowest BCUT2D eigenvalue weighted by molar-refractivity contribution is 0.0735. The molecule has 0 atom stereocenters. The van der Waals surface area contributed by atoms with Crippen molar-refractivity contribution in [1.82, 2.24) is 4.98 Å². The summed E-state index contributed by atoms with van der Waals surface area (Å²) >= 11 is 0. The largest absolute Gasteiger partial charge is 0.423 e. The van der Waals surface area contributed by atoms with Gasteiger partial charge < -0.3 is 4.74 Å². The van der Waals surface area contributed by atoms with Crippen molar-refractivity contribution < 1.29 is 9.53 Å². The monoisotopic (exact) mass is 331 g/mol. The zero-order valence-corrected chi connectivity index (χ0v) is 14.6. The number of pyridine rings is 1. The van der Waals surface area contributed by atoms with Crippen LogP contribution in [0.2, 0.25) is 0 Å². The second-order valence-electron chi connectivity index (χ2n) is 6.77. The van der Waals surface area contributed by atoms with Crippen LogP contribution in [0.25, 0.3) is 10.9 Å². The van der Waals surface area contributed by atoms with Crippen LogP contribution in [-0.4, -0.2) is 11.0 Å². The molecule has 1 aliphatic rings. The summed E-state index contributed by atoms with van der Waals surface area (Å²) in [6.45, 7) is 4.07. The number of esters is 1. The molecule has 0 N–H and O–H groups in total. The summed E-state index contributed by atoms with van der Waals surface area (Å²) in [7, 11) is 0. The van der Waals surface area contributed by atoms with Crippen LogP contribution >= 0.6 is 0 Å². The van der Waals surface area contributed by atoms with Gasteiger partial charge in [-0.15, -0.1) is 0 Å². The van der Waals surface area contributed by atoms with Gasteiger partial charge in [0.1, 0.15) is 5.75 Å². The van der Waals surface area contributed by atoms with E-state index in [0.717, 1.165) is 53.4 Å². The summed E-state index contributed by atoms with van der Waals surface area (Å²) in [5.41, 5.74) is 5.99. The number of hydrogen-bond acceptors (Lipinski definition) is 3. The maximum absolute atomic E-state index is 13.0. The quantitative estimate of drug-likeness (QED) is 0.493. The van der Waals surface area contributed by atoms with E-state index in [4.69, 9.17) is 9.72 Å². The first kappa shape index (κ1) is 15.8. The zero-order valence-electron chi connectivity index (χ0n) is 14.6. The molecule has 0 unspecified atom stereocenters. The van der Waals surface area contributed by atoms with Gasteiger partial charge >= 0.3 is 5.97 Å². The fourth-order valence-corrected chi connectivity index (χ4v) is 3.54. The van der Waals surface area contributed by atoms with Crippen molar-refractivity contribution in [3.63, 3.8) is 0 Å². The SMILES string of the molecule is Cc1ccc(OC(=O)c2c3c(nc4ccccc24)CCCC3)cc1C. The Morgan fingerprint density at radius 3 is 2.64 bits per heavy atom. The fraction of sp³-hybridized carbons (Fsp3) is 0.273. The van der Waals surface area contributed by atoms with Crippen molar-refractivity contribution in [3.8, 4) is 5.75 Å². The minimum atomic E-state index is -0.278. The Kier molecular flexibility index (Phi) is 4.00. The van der Waals surface area contributed by atoms with E-state index >= 15 is 0 Å². The highest BCUT2D eigenvalue weighted by atomic mass is 16.5. The highest BCUT2D eigenvalue weighted by Crippen LogP contribution is 2.30. The number of benzene rings is 2. The van der Waals surface area contributed by atoms with Gasteiger partial charge in [-0.3, -0.25) is 4.98 Å². The summed E-state index contributed by atoms with van der Waals surface area (Å²) in [6, 6.07) is 13.6. The average Bonchev–Trinajstić information content (AvgIpc) is 2.62. The Balaban J connectivity index is 1.81. The van der Waals surface area contributed by atoms with E-state index in [-0.39, 0.29) is 5.97 Å². The van der Waals surface area contributed by atoms with Gasteiger partial charge in [0.25, 0.3) is 0 Å². The molecular formula is C22H21NO2. The number of aryl methyl sites for hydroxylation is 3. The van der Waals surface area contributed by atoms with Crippen molar-refractivity contribution in [1.29, 1.82) is 0 Å². The van der Waals surface area contributed by atoms with Gasteiger partial charge in [0.05, 0.1) is 11.1 Å². The minimum Gasteiger partial charge on any atom is -0.423 e. The third kappa shape index (κ3) is 2.91. The Morgan fingerprint density at radius 2 is 1.80 bits per heavy atom. The second-order valence-corrected chi connectivity index (χ2v) is 6.77. The molecular weight excluding hydrogens is 310 g/mol. The number of aromatic nitrogens is 1. The van der Waals surface area contributed by atoms with Crippen molar-refractivity contribution in [3.05, 3.63) is 70.4 Å². The summed E-state index contributed by atoms with van der Waals surface area (Å²) in [5, 5.41) is 0.886. The Morgan fingerprint density at radius 1 is 1.00 bits per heavy atom. The van der Waals surface area contributed by atoms with Crippen molar-refractivity contribution >= 4 is 16.9 Å². The fourth-order valence-electron chi connectivity index (χ4n) is 3.54. The first-order chi connectivity index (χ1) is 12.1. The lowest BCUT2D eigenvalue weighted by atomic mass is 9.90. The predicted molar refractivity (Wildman–Crippen MR) is 99.3 cm³/mol. The summed E-state index contributed by atoms with van der Waals surface area (Å²) < 4.78 is 5.74. The summed E-state index contributed by atoms with van der Waals surface area (Å²) in [4.78, 5) is 17.8. The van der Waals surface area contributed by atoms with Gasteiger partial charge in [0, 0.05) is 11.1 Å². The van der Waals surface area contributed by atoms with Crippen LogP contribution in [0.3, 0.4) is 0 Å². The number of rotatable bonds is 2. The molecule has 4 rings (SSSR count). The molecule has 0 amide bonds. The first-order valence-electron chi connectivity index (χ1n) is 8.83. The van der Waals surface area contributed by atoms with Crippen molar-refractivity contribution in [2.24, 2.45) is 0 Å². The predicted octanol–water partition coefficient (Wildman–Crippen LogP) is 4.95. The Bertz CT molecular complexity index is 975. The van der Waals surface area contributed by atoms with Crippen LogP contribution in [0.4, 0.5) is 0 Å². The van der Waals surface area contributed by atoms with Gasteiger partial charge in [-0.25, -0.2) is 4.79 Å². The third-order valence-electron chi connectivity index (χ3n) is 5.06. The molecule has 1 heterocycles. The zero-order chi connectivity index (χ0) is 17.4. The van der Waals surface area contributed by atoms with E-state index < -0.39 is 0 Å². The van der Waals surface area contributed by atoms with E-state index in [1.165, 1.54) is 5.56 Å². The van der Waals surface area contributed by atoms with Gasteiger partial charge in [-0.1, -0.05) is 24.3 Å². The average molecular weight is 331 g/mol. The van der Waals surface area contributed by atoms with Crippen molar-refractivity contribution in [2.45, 2.75) is 39.5 Å². The number of carbonyl (C=O) groups excluding carboxylic acids is 1. The topological polar surface area (TPSA) is 39.2 Å². The first-order valence-corrected chi connectivity index (χ1v) is 8.83. The molecule has 126 valence electrons. The molecule has 0 spiro atoms. The molecule has 0 fully saturated rings. The smallest absolute Gasteiger partial charge is 0.344 e. The van der Waals surface area contributed by atoms with Gasteiger partial charge in [-0.2, -0.15) is 0 Å². The molecule has 0 aliphatic heterocycles. The molecule has 0 saturated carbocycles. The number of ether oxygens (including phenoxy) is 1. The molecule has 0 bridgehead atoms. The van der Waals surface area contributed by atoms with Crippen LogP contribution in [0.15, 0.2) is 42.5 Å². The lowest BCUT2D eigenvalue weighted by Crippen LogP contribution is -2.17. The highest BCUT2D eigenvalue weighted by molar-refractivity contribution is 6.05. The van der Waals surface area contributed by atoms with Crippen LogP contribution < -0.4 is 4.74 Å². The van der Waals surface area contributed by atoms with Gasteiger partial charge in [-0.05, 0) is 74.4 Å². The molecule has 1 aliphatic carbocycles. The van der Waals surface area contributed by atoms with E-state index in [0.29, 0.717) is 11.3 Å². The molecule has 25 heavy (non-hydrogen) atoms. The van der Waals surface area contributed by atoms with Crippen LogP contribution in [0, 0.1) is 13.8 Å². The number of nitrogens with zero attached hydrogens (tertiary/aromatic N) is 1. The van der Waals surface area contributed by atoms with E-state index in [1.54, 1.807) is 0 Å². The maximum Gasteiger partial charge on any atom is 0.344 e. The molecule has 2 aromatic carbocycles. The van der Waals surface area contributed by atoms with E-state index in [2.05, 4.69) is 0 Å². The lowest BCUT2D eigenvalue weighted by Gasteiger charge is -2.20. The maximum atomic E-state index is 13.0. The van der Waals surface area contributed by atoms with Crippen LogP contribution in [0.5, 0.6) is 5.75 Å². The molecule has 3 heteroatoms. The van der Waals surface area contributed by atoms with Crippen molar-refractivity contribution in [2.75, 3.05) is 0 Å². The number of hydrogen-bond donors (Lipinski definition) is 0. The molecule has 3 nitrogen and oxygen atoms in total. The number of carbonyl (C=O) groups is 1. The normalized spacial score (nSPS) is 13.5. The molecule has 1 aromatic heterocycles. The van der Waals surface area contributed by atoms with Gasteiger partial charge in [0.2, 0.25) is 0 Å². The van der Waals surface area contributed by atoms with Crippen LogP contribution in [-0.2, 0) is 12.8 Å². The summed E-state index contributed by atoms with van der Waals surface area (Å²) in [6.07, 6.45) is 4.05. The molecule has 0 saturated heterocycles. The number of para-hydroxylation sites is 1. The van der Waals surface area contributed by atoms with E-state index in [1.807, 2.05) is 56.3 Å².